The van der Waals surface area contributed by atoms with E-state index in [0.717, 1.165) is 38.5 Å². The van der Waals surface area contributed by atoms with Crippen LogP contribution in [-0.4, -0.2) is 0 Å². The Morgan fingerprint density at radius 1 is 0.302 bits per heavy atom. The standard InChI is InChI=1S/C53H54/c1-9-51(10-2)45-21-17-15-19-37(45)39-25-23-35(29-47(39)51)41-31-49-43(27-33(41)7)44-28-34(8)42(32-50(44)53(49,13-5)14-6)36-24-26-40-38-20-16-18-22-46(38)52(11-3,12-4)48(40)30-36/h15-32H,9-14H2,1-8H3. The van der Waals surface area contributed by atoms with Crippen molar-refractivity contribution in [1.29, 1.82) is 0 Å². The second kappa shape index (κ2) is 12.2. The Bertz CT molecular complexity index is 2270. The molecule has 3 aliphatic carbocycles. The third kappa shape index (κ3) is 4.36. The molecular formula is C53H54. The van der Waals surface area contributed by atoms with E-state index in [4.69, 9.17) is 0 Å². The molecular weight excluding hydrogens is 637 g/mol. The van der Waals surface area contributed by atoms with Gasteiger partial charge in [-0.2, -0.15) is 0 Å². The van der Waals surface area contributed by atoms with Crippen LogP contribution in [0.2, 0.25) is 0 Å². The summed E-state index contributed by atoms with van der Waals surface area (Å²) in [6.45, 7) is 19.0. The smallest absolute Gasteiger partial charge is 0.0210 e. The average molecular weight is 691 g/mol. The Kier molecular flexibility index (Phi) is 7.84. The molecule has 0 fully saturated rings. The van der Waals surface area contributed by atoms with E-state index in [-0.39, 0.29) is 16.2 Å². The highest BCUT2D eigenvalue weighted by Crippen LogP contribution is 2.58. The minimum Gasteiger partial charge on any atom is -0.0642 e. The molecule has 0 saturated heterocycles. The van der Waals surface area contributed by atoms with Crippen LogP contribution in [0.25, 0.3) is 55.6 Å². The summed E-state index contributed by atoms with van der Waals surface area (Å²) in [7, 11) is 0. The monoisotopic (exact) mass is 690 g/mol. The van der Waals surface area contributed by atoms with Crippen LogP contribution < -0.4 is 0 Å². The van der Waals surface area contributed by atoms with Gasteiger partial charge in [0.2, 0.25) is 0 Å². The van der Waals surface area contributed by atoms with E-state index in [1.54, 1.807) is 0 Å². The lowest BCUT2D eigenvalue weighted by molar-refractivity contribution is 0.490. The van der Waals surface area contributed by atoms with Crippen LogP contribution in [0.5, 0.6) is 0 Å². The summed E-state index contributed by atoms with van der Waals surface area (Å²) in [4.78, 5) is 0. The summed E-state index contributed by atoms with van der Waals surface area (Å²) >= 11 is 0. The lowest BCUT2D eigenvalue weighted by atomic mass is 9.71. The van der Waals surface area contributed by atoms with E-state index < -0.39 is 0 Å². The van der Waals surface area contributed by atoms with Crippen LogP contribution in [0.3, 0.4) is 0 Å². The van der Waals surface area contributed by atoms with Crippen LogP contribution in [0.1, 0.15) is 125 Å². The molecule has 6 aromatic rings. The summed E-state index contributed by atoms with van der Waals surface area (Å²) in [5, 5.41) is 0. The van der Waals surface area contributed by atoms with Crippen molar-refractivity contribution < 1.29 is 0 Å². The van der Waals surface area contributed by atoms with E-state index >= 15 is 0 Å². The van der Waals surface area contributed by atoms with Crippen molar-refractivity contribution in [3.63, 3.8) is 0 Å². The van der Waals surface area contributed by atoms with Crippen molar-refractivity contribution in [2.45, 2.75) is 110 Å². The normalized spacial score (nSPS) is 16.1. The fourth-order valence-electron chi connectivity index (χ4n) is 11.7. The number of rotatable bonds is 8. The minimum atomic E-state index is -0.0251. The van der Waals surface area contributed by atoms with Gasteiger partial charge in [-0.3, -0.25) is 0 Å². The van der Waals surface area contributed by atoms with Gasteiger partial charge >= 0.3 is 0 Å². The Labute approximate surface area is 318 Å². The van der Waals surface area contributed by atoms with E-state index in [2.05, 4.69) is 165 Å². The molecule has 0 nitrogen and oxygen atoms in total. The third-order valence-electron chi connectivity index (χ3n) is 14.8. The Hall–Kier alpha value is -4.68. The molecule has 6 aromatic carbocycles. The van der Waals surface area contributed by atoms with Gasteiger partial charge in [0.05, 0.1) is 0 Å². The Morgan fingerprint density at radius 2 is 0.623 bits per heavy atom. The van der Waals surface area contributed by atoms with Crippen LogP contribution >= 0.6 is 0 Å². The molecule has 0 amide bonds. The van der Waals surface area contributed by atoms with Crippen LogP contribution in [0.4, 0.5) is 0 Å². The second-order valence-electron chi connectivity index (χ2n) is 16.4. The molecule has 53 heavy (non-hydrogen) atoms. The first-order chi connectivity index (χ1) is 25.7. The summed E-state index contributed by atoms with van der Waals surface area (Å²) in [6.07, 6.45) is 6.61. The molecule has 0 heteroatoms. The van der Waals surface area contributed by atoms with Crippen LogP contribution in [0.15, 0.2) is 109 Å². The summed E-state index contributed by atoms with van der Waals surface area (Å²) in [5.74, 6) is 0. The van der Waals surface area contributed by atoms with Gasteiger partial charge in [0, 0.05) is 16.2 Å². The lowest BCUT2D eigenvalue weighted by Gasteiger charge is -2.31. The fraction of sp³-hybridized carbons (Fsp3) is 0.321. The van der Waals surface area contributed by atoms with Crippen molar-refractivity contribution in [3.8, 4) is 55.6 Å². The van der Waals surface area contributed by atoms with Crippen molar-refractivity contribution in [3.05, 3.63) is 154 Å². The van der Waals surface area contributed by atoms with Gasteiger partial charge in [0.25, 0.3) is 0 Å². The highest BCUT2D eigenvalue weighted by molar-refractivity contribution is 5.91. The van der Waals surface area contributed by atoms with E-state index in [9.17, 15) is 0 Å². The maximum Gasteiger partial charge on any atom is 0.0210 e. The topological polar surface area (TPSA) is 0 Å². The zero-order valence-electron chi connectivity index (χ0n) is 33.1. The molecule has 0 spiro atoms. The quantitative estimate of drug-likeness (QED) is 0.149. The van der Waals surface area contributed by atoms with Crippen molar-refractivity contribution in [2.24, 2.45) is 0 Å². The zero-order valence-corrected chi connectivity index (χ0v) is 33.1. The van der Waals surface area contributed by atoms with Gasteiger partial charge in [-0.1, -0.05) is 126 Å². The molecule has 266 valence electrons. The predicted octanol–water partition coefficient (Wildman–Crippen LogP) is 14.9. The first-order valence-corrected chi connectivity index (χ1v) is 20.6. The van der Waals surface area contributed by atoms with Crippen molar-refractivity contribution in [2.75, 3.05) is 0 Å². The van der Waals surface area contributed by atoms with Gasteiger partial charge in [-0.15, -0.1) is 0 Å². The highest BCUT2D eigenvalue weighted by Gasteiger charge is 2.44. The van der Waals surface area contributed by atoms with Gasteiger partial charge < -0.3 is 0 Å². The maximum atomic E-state index is 2.60. The summed E-state index contributed by atoms with van der Waals surface area (Å²) in [6, 6.07) is 43.2. The fourth-order valence-corrected chi connectivity index (χ4v) is 11.7. The molecule has 0 radical (unpaired) electrons. The molecule has 0 heterocycles. The van der Waals surface area contributed by atoms with Crippen molar-refractivity contribution >= 4 is 0 Å². The number of aryl methyl sites for hydroxylation is 2. The molecule has 0 bridgehead atoms. The maximum absolute atomic E-state index is 2.60. The Morgan fingerprint density at radius 3 is 1.00 bits per heavy atom. The van der Waals surface area contributed by atoms with Gasteiger partial charge in [-0.25, -0.2) is 0 Å². The predicted molar refractivity (Wildman–Crippen MR) is 227 cm³/mol. The number of hydrogen-bond donors (Lipinski definition) is 0. The first-order valence-electron chi connectivity index (χ1n) is 20.6. The van der Waals surface area contributed by atoms with Gasteiger partial charge in [-0.05, 0) is 177 Å². The summed E-state index contributed by atoms with van der Waals surface area (Å²) < 4.78 is 0. The third-order valence-corrected chi connectivity index (χ3v) is 14.8. The minimum absolute atomic E-state index is 0.0251. The molecule has 0 unspecified atom stereocenters. The van der Waals surface area contributed by atoms with E-state index in [1.807, 2.05) is 0 Å². The van der Waals surface area contributed by atoms with Gasteiger partial charge in [0.15, 0.2) is 0 Å². The first kappa shape index (κ1) is 34.1. The zero-order chi connectivity index (χ0) is 36.9. The number of hydrogen-bond acceptors (Lipinski definition) is 0. The highest BCUT2D eigenvalue weighted by atomic mass is 14.5. The molecule has 0 aromatic heterocycles. The van der Waals surface area contributed by atoms with E-state index in [1.165, 1.54) is 100 Å². The van der Waals surface area contributed by atoms with Gasteiger partial charge in [0.1, 0.15) is 0 Å². The molecule has 9 rings (SSSR count). The lowest BCUT2D eigenvalue weighted by Crippen LogP contribution is -2.23. The molecule has 0 N–H and O–H groups in total. The Balaban J connectivity index is 1.18. The molecule has 0 aliphatic heterocycles. The van der Waals surface area contributed by atoms with Crippen LogP contribution in [-0.2, 0) is 16.2 Å². The number of fused-ring (bicyclic) bond motifs is 9. The number of benzene rings is 6. The van der Waals surface area contributed by atoms with E-state index in [0.29, 0.717) is 0 Å². The molecule has 0 saturated carbocycles. The SMILES string of the molecule is CCC1(CC)c2ccccc2-c2ccc(-c3cc4c(cc3C)-c3cc(C)c(-c5ccc6c(c5)C(CC)(CC)c5ccccc5-6)cc3C4(CC)CC)cc21. The van der Waals surface area contributed by atoms with Crippen LogP contribution in [0, 0.1) is 13.8 Å². The second-order valence-corrected chi connectivity index (χ2v) is 16.4. The average Bonchev–Trinajstić information content (AvgIpc) is 3.75. The molecule has 3 aliphatic rings. The summed E-state index contributed by atoms with van der Waals surface area (Å²) in [5.41, 5.74) is 25.9. The largest absolute Gasteiger partial charge is 0.0642 e. The molecule has 0 atom stereocenters. The van der Waals surface area contributed by atoms with Crippen molar-refractivity contribution in [1.82, 2.24) is 0 Å².